The number of carbonyl (C=O) groups is 1. The van der Waals surface area contributed by atoms with Crippen LogP contribution >= 0.6 is 11.6 Å². The molecule has 0 radical (unpaired) electrons. The van der Waals surface area contributed by atoms with Crippen LogP contribution in [0.5, 0.6) is 11.5 Å². The molecular weight excluding hydrogens is 262 g/mol. The van der Waals surface area contributed by atoms with Crippen LogP contribution in [-0.4, -0.2) is 5.78 Å². The first-order chi connectivity index (χ1) is 9.10. The lowest BCUT2D eigenvalue weighted by molar-refractivity contribution is 0.101. The highest BCUT2D eigenvalue weighted by atomic mass is 35.5. The second-order valence-corrected chi connectivity index (χ2v) is 4.37. The standard InChI is InChI=1S/C15H10ClNO2/c1-10(18)14-7-2-11(9-17)8-15(14)19-13-5-3-12(16)4-6-13/h2-8H,1H3. The van der Waals surface area contributed by atoms with Gasteiger partial charge >= 0.3 is 0 Å². The molecule has 2 aromatic rings. The van der Waals surface area contributed by atoms with Crippen molar-refractivity contribution in [3.8, 4) is 17.6 Å². The van der Waals surface area contributed by atoms with Gasteiger partial charge in [-0.05, 0) is 49.4 Å². The summed E-state index contributed by atoms with van der Waals surface area (Å²) in [6.07, 6.45) is 0. The van der Waals surface area contributed by atoms with E-state index in [1.807, 2.05) is 6.07 Å². The Hall–Kier alpha value is -2.31. The van der Waals surface area contributed by atoms with Gasteiger partial charge in [0, 0.05) is 5.02 Å². The fourth-order valence-corrected chi connectivity index (χ4v) is 1.72. The molecule has 0 aromatic heterocycles. The van der Waals surface area contributed by atoms with E-state index in [9.17, 15) is 4.79 Å². The number of rotatable bonds is 3. The number of halogens is 1. The number of nitrogens with zero attached hydrogens (tertiary/aromatic N) is 1. The third-order valence-corrected chi connectivity index (χ3v) is 2.78. The molecular formula is C15H10ClNO2. The van der Waals surface area contributed by atoms with Crippen LogP contribution in [0.1, 0.15) is 22.8 Å². The monoisotopic (exact) mass is 271 g/mol. The molecule has 0 unspecified atom stereocenters. The van der Waals surface area contributed by atoms with Gasteiger partial charge in [-0.3, -0.25) is 4.79 Å². The first-order valence-electron chi connectivity index (χ1n) is 5.58. The average molecular weight is 272 g/mol. The van der Waals surface area contributed by atoms with E-state index in [2.05, 4.69) is 0 Å². The molecule has 2 aromatic carbocycles. The largest absolute Gasteiger partial charge is 0.457 e. The highest BCUT2D eigenvalue weighted by molar-refractivity contribution is 6.30. The maximum Gasteiger partial charge on any atom is 0.163 e. The van der Waals surface area contributed by atoms with Crippen molar-refractivity contribution < 1.29 is 9.53 Å². The predicted octanol–water partition coefficient (Wildman–Crippen LogP) is 4.21. The lowest BCUT2D eigenvalue weighted by Crippen LogP contribution is -1.97. The van der Waals surface area contributed by atoms with Crippen molar-refractivity contribution >= 4 is 17.4 Å². The molecule has 0 saturated carbocycles. The maximum atomic E-state index is 11.5. The minimum Gasteiger partial charge on any atom is -0.457 e. The van der Waals surface area contributed by atoms with Crippen LogP contribution in [0.15, 0.2) is 42.5 Å². The molecule has 0 amide bonds. The van der Waals surface area contributed by atoms with Gasteiger partial charge in [-0.1, -0.05) is 11.6 Å². The van der Waals surface area contributed by atoms with Crippen LogP contribution in [-0.2, 0) is 0 Å². The molecule has 0 aliphatic heterocycles. The number of carbonyl (C=O) groups excluding carboxylic acids is 1. The zero-order valence-corrected chi connectivity index (χ0v) is 10.9. The van der Waals surface area contributed by atoms with Crippen molar-refractivity contribution in [3.05, 3.63) is 58.6 Å². The molecule has 19 heavy (non-hydrogen) atoms. The number of Topliss-reactive ketones (excluding diaryl/α,β-unsaturated/α-hetero) is 1. The third kappa shape index (κ3) is 3.12. The van der Waals surface area contributed by atoms with E-state index >= 15 is 0 Å². The molecule has 0 N–H and O–H groups in total. The Bertz CT molecular complexity index is 657. The average Bonchev–Trinajstić information content (AvgIpc) is 2.41. The second-order valence-electron chi connectivity index (χ2n) is 3.93. The van der Waals surface area contributed by atoms with Crippen LogP contribution in [0.2, 0.25) is 5.02 Å². The molecule has 2 rings (SSSR count). The summed E-state index contributed by atoms with van der Waals surface area (Å²) in [4.78, 5) is 11.5. The van der Waals surface area contributed by atoms with Gasteiger partial charge in [-0.2, -0.15) is 5.26 Å². The Balaban J connectivity index is 2.40. The van der Waals surface area contributed by atoms with Gasteiger partial charge in [0.05, 0.1) is 17.2 Å². The molecule has 0 aliphatic rings. The fraction of sp³-hybridized carbons (Fsp3) is 0.0667. The van der Waals surface area contributed by atoms with Crippen molar-refractivity contribution in [3.63, 3.8) is 0 Å². The topological polar surface area (TPSA) is 50.1 Å². The van der Waals surface area contributed by atoms with E-state index in [4.69, 9.17) is 21.6 Å². The lowest BCUT2D eigenvalue weighted by Gasteiger charge is -2.09. The smallest absolute Gasteiger partial charge is 0.163 e. The van der Waals surface area contributed by atoms with Crippen LogP contribution in [0, 0.1) is 11.3 Å². The van der Waals surface area contributed by atoms with Gasteiger partial charge in [0.15, 0.2) is 5.78 Å². The Morgan fingerprint density at radius 1 is 1.21 bits per heavy atom. The first-order valence-corrected chi connectivity index (χ1v) is 5.96. The number of ketones is 1. The van der Waals surface area contributed by atoms with Gasteiger partial charge in [0.2, 0.25) is 0 Å². The van der Waals surface area contributed by atoms with E-state index in [-0.39, 0.29) is 5.78 Å². The fourth-order valence-electron chi connectivity index (χ4n) is 1.60. The number of nitriles is 1. The molecule has 0 fully saturated rings. The Morgan fingerprint density at radius 2 is 1.89 bits per heavy atom. The first kappa shape index (κ1) is 13.1. The Morgan fingerprint density at radius 3 is 2.47 bits per heavy atom. The van der Waals surface area contributed by atoms with Crippen molar-refractivity contribution in [1.82, 2.24) is 0 Å². The van der Waals surface area contributed by atoms with Crippen LogP contribution < -0.4 is 4.74 Å². The quantitative estimate of drug-likeness (QED) is 0.786. The molecule has 0 aliphatic carbocycles. The van der Waals surface area contributed by atoms with Crippen molar-refractivity contribution in [2.45, 2.75) is 6.92 Å². The van der Waals surface area contributed by atoms with Crippen LogP contribution in [0.4, 0.5) is 0 Å². The normalized spacial score (nSPS) is 9.74. The minimum absolute atomic E-state index is 0.117. The molecule has 0 atom stereocenters. The van der Waals surface area contributed by atoms with Gasteiger partial charge < -0.3 is 4.74 Å². The summed E-state index contributed by atoms with van der Waals surface area (Å²) in [5.41, 5.74) is 0.878. The van der Waals surface area contributed by atoms with E-state index in [0.29, 0.717) is 27.6 Å². The zero-order valence-electron chi connectivity index (χ0n) is 10.2. The van der Waals surface area contributed by atoms with Gasteiger partial charge in [0.1, 0.15) is 11.5 Å². The van der Waals surface area contributed by atoms with Gasteiger partial charge in [-0.15, -0.1) is 0 Å². The molecule has 0 bridgehead atoms. The molecule has 0 saturated heterocycles. The van der Waals surface area contributed by atoms with Gasteiger partial charge in [-0.25, -0.2) is 0 Å². The third-order valence-electron chi connectivity index (χ3n) is 2.53. The number of hydrogen-bond acceptors (Lipinski definition) is 3. The van der Waals surface area contributed by atoms with E-state index in [1.165, 1.54) is 6.92 Å². The second kappa shape index (κ2) is 5.55. The summed E-state index contributed by atoms with van der Waals surface area (Å²) < 4.78 is 5.64. The van der Waals surface area contributed by atoms with Crippen molar-refractivity contribution in [2.75, 3.05) is 0 Å². The van der Waals surface area contributed by atoms with E-state index in [0.717, 1.165) is 0 Å². The summed E-state index contributed by atoms with van der Waals surface area (Å²) in [7, 11) is 0. The van der Waals surface area contributed by atoms with Crippen molar-refractivity contribution in [1.29, 1.82) is 5.26 Å². The SMILES string of the molecule is CC(=O)c1ccc(C#N)cc1Oc1ccc(Cl)cc1. The Labute approximate surface area is 116 Å². The van der Waals surface area contributed by atoms with E-state index < -0.39 is 0 Å². The summed E-state index contributed by atoms with van der Waals surface area (Å²) in [6.45, 7) is 1.45. The van der Waals surface area contributed by atoms with Crippen LogP contribution in [0.25, 0.3) is 0 Å². The van der Waals surface area contributed by atoms with E-state index in [1.54, 1.807) is 42.5 Å². The number of benzene rings is 2. The molecule has 94 valence electrons. The summed E-state index contributed by atoms with van der Waals surface area (Å²) in [5.74, 6) is 0.810. The zero-order chi connectivity index (χ0) is 13.8. The number of hydrogen-bond donors (Lipinski definition) is 0. The molecule has 3 nitrogen and oxygen atoms in total. The summed E-state index contributed by atoms with van der Waals surface area (Å²) in [6, 6.07) is 13.5. The number of ether oxygens (including phenoxy) is 1. The summed E-state index contributed by atoms with van der Waals surface area (Å²) >= 11 is 5.79. The van der Waals surface area contributed by atoms with Crippen LogP contribution in [0.3, 0.4) is 0 Å². The van der Waals surface area contributed by atoms with Gasteiger partial charge in [0.25, 0.3) is 0 Å². The highest BCUT2D eigenvalue weighted by Crippen LogP contribution is 2.27. The predicted molar refractivity (Wildman–Crippen MR) is 72.7 cm³/mol. The lowest BCUT2D eigenvalue weighted by atomic mass is 10.1. The highest BCUT2D eigenvalue weighted by Gasteiger charge is 2.10. The maximum absolute atomic E-state index is 11.5. The molecule has 0 heterocycles. The molecule has 4 heteroatoms. The minimum atomic E-state index is -0.117. The Kier molecular flexibility index (Phi) is 3.84. The summed E-state index contributed by atoms with van der Waals surface area (Å²) in [5, 5.41) is 9.49. The van der Waals surface area contributed by atoms with Crippen molar-refractivity contribution in [2.24, 2.45) is 0 Å². The molecule has 0 spiro atoms.